The normalized spacial score (nSPS) is 14.7. The lowest BCUT2D eigenvalue weighted by molar-refractivity contribution is -0.122. The molecule has 0 radical (unpaired) electrons. The number of hydrogen-bond donors (Lipinski definition) is 3. The number of aromatic nitrogens is 1. The summed E-state index contributed by atoms with van der Waals surface area (Å²) in [7, 11) is -3.64. The monoisotopic (exact) mass is 312 g/mol. The molecule has 7 nitrogen and oxygen atoms in total. The van der Waals surface area contributed by atoms with Crippen LogP contribution in [-0.4, -0.2) is 38.9 Å². The van der Waals surface area contributed by atoms with Gasteiger partial charge >= 0.3 is 0 Å². The average Bonchev–Trinajstić information content (AvgIpc) is 3.29. The number of sulfonamides is 1. The fraction of sp³-hybridized carbons (Fsp3) is 0.538. The van der Waals surface area contributed by atoms with Crippen molar-refractivity contribution in [3.8, 4) is 0 Å². The first kappa shape index (κ1) is 15.7. The minimum Gasteiger partial charge on any atom is -0.369 e. The number of rotatable bonds is 8. The standard InChI is InChI=1S/C13H20N4O3S/c1-2-14-12-11(4-3-7-15-12)21(19,20)17-9-8-16-13(18)10-5-6-10/h3-4,7,10,17H,2,5-6,8-9H2,1H3,(H,14,15)(H,16,18). The fourth-order valence-electron chi connectivity index (χ4n) is 1.85. The van der Waals surface area contributed by atoms with Gasteiger partial charge in [0.15, 0.2) is 0 Å². The van der Waals surface area contributed by atoms with Crippen molar-refractivity contribution in [2.75, 3.05) is 25.0 Å². The topological polar surface area (TPSA) is 100 Å². The Morgan fingerprint density at radius 1 is 1.38 bits per heavy atom. The van der Waals surface area contributed by atoms with Crippen molar-refractivity contribution in [1.29, 1.82) is 0 Å². The summed E-state index contributed by atoms with van der Waals surface area (Å²) >= 11 is 0. The second-order valence-corrected chi connectivity index (χ2v) is 6.58. The average molecular weight is 312 g/mol. The molecule has 0 aliphatic heterocycles. The highest BCUT2D eigenvalue weighted by molar-refractivity contribution is 7.89. The zero-order valence-electron chi connectivity index (χ0n) is 11.9. The van der Waals surface area contributed by atoms with E-state index >= 15 is 0 Å². The Kier molecular flexibility index (Phi) is 5.13. The molecule has 1 saturated carbocycles. The summed E-state index contributed by atoms with van der Waals surface area (Å²) in [5.41, 5.74) is 0. The van der Waals surface area contributed by atoms with Gasteiger partial charge in [-0.15, -0.1) is 0 Å². The van der Waals surface area contributed by atoms with Crippen LogP contribution in [0.1, 0.15) is 19.8 Å². The maximum Gasteiger partial charge on any atom is 0.244 e. The van der Waals surface area contributed by atoms with Crippen molar-refractivity contribution in [3.63, 3.8) is 0 Å². The predicted octanol–water partition coefficient (Wildman–Crippen LogP) is 0.318. The molecule has 0 aromatic carbocycles. The Balaban J connectivity index is 1.90. The van der Waals surface area contributed by atoms with Crippen molar-refractivity contribution in [1.82, 2.24) is 15.0 Å². The Bertz CT molecular complexity index is 599. The Morgan fingerprint density at radius 3 is 2.81 bits per heavy atom. The minimum atomic E-state index is -3.64. The maximum absolute atomic E-state index is 12.2. The zero-order chi connectivity index (χ0) is 15.3. The zero-order valence-corrected chi connectivity index (χ0v) is 12.7. The van der Waals surface area contributed by atoms with Crippen LogP contribution in [0.25, 0.3) is 0 Å². The third-order valence-corrected chi connectivity index (χ3v) is 4.56. The molecule has 116 valence electrons. The van der Waals surface area contributed by atoms with E-state index in [2.05, 4.69) is 20.3 Å². The SMILES string of the molecule is CCNc1ncccc1S(=O)(=O)NCCNC(=O)C1CC1. The molecule has 1 fully saturated rings. The van der Waals surface area contributed by atoms with Gasteiger partial charge in [0, 0.05) is 31.7 Å². The summed E-state index contributed by atoms with van der Waals surface area (Å²) in [4.78, 5) is 15.6. The van der Waals surface area contributed by atoms with Gasteiger partial charge in [0.2, 0.25) is 15.9 Å². The highest BCUT2D eigenvalue weighted by Gasteiger charge is 2.29. The van der Waals surface area contributed by atoms with Crippen molar-refractivity contribution in [3.05, 3.63) is 18.3 Å². The lowest BCUT2D eigenvalue weighted by Gasteiger charge is -2.11. The quantitative estimate of drug-likeness (QED) is 0.600. The summed E-state index contributed by atoms with van der Waals surface area (Å²) in [5, 5.41) is 5.63. The van der Waals surface area contributed by atoms with E-state index in [4.69, 9.17) is 0 Å². The molecular formula is C13H20N4O3S. The number of nitrogens with one attached hydrogen (secondary N) is 3. The van der Waals surface area contributed by atoms with E-state index in [-0.39, 0.29) is 29.8 Å². The Labute approximate surface area is 124 Å². The number of hydrogen-bond acceptors (Lipinski definition) is 5. The van der Waals surface area contributed by atoms with Crippen LogP contribution in [0.2, 0.25) is 0 Å². The van der Waals surface area contributed by atoms with E-state index in [0.717, 1.165) is 12.8 Å². The van der Waals surface area contributed by atoms with E-state index in [1.54, 1.807) is 6.07 Å². The smallest absolute Gasteiger partial charge is 0.244 e. The number of amides is 1. The third-order valence-electron chi connectivity index (χ3n) is 3.07. The molecule has 0 saturated heterocycles. The summed E-state index contributed by atoms with van der Waals surface area (Å²) in [6.45, 7) is 2.88. The fourth-order valence-corrected chi connectivity index (χ4v) is 3.01. The molecule has 1 aliphatic carbocycles. The Hall–Kier alpha value is -1.67. The molecule has 1 aromatic heterocycles. The van der Waals surface area contributed by atoms with Crippen LogP contribution in [0.3, 0.4) is 0 Å². The van der Waals surface area contributed by atoms with Gasteiger partial charge in [0.05, 0.1) is 0 Å². The van der Waals surface area contributed by atoms with Gasteiger partial charge < -0.3 is 10.6 Å². The molecule has 2 rings (SSSR count). The molecule has 1 aromatic rings. The summed E-state index contributed by atoms with van der Waals surface area (Å²) in [6, 6.07) is 3.07. The van der Waals surface area contributed by atoms with Crippen molar-refractivity contribution >= 4 is 21.7 Å². The largest absolute Gasteiger partial charge is 0.369 e. The Morgan fingerprint density at radius 2 is 2.14 bits per heavy atom. The van der Waals surface area contributed by atoms with Gasteiger partial charge in [0.1, 0.15) is 10.7 Å². The second-order valence-electron chi connectivity index (χ2n) is 4.84. The summed E-state index contributed by atoms with van der Waals surface area (Å²) < 4.78 is 26.9. The number of carbonyl (C=O) groups is 1. The van der Waals surface area contributed by atoms with Crippen LogP contribution in [0.5, 0.6) is 0 Å². The van der Waals surface area contributed by atoms with Crippen molar-refractivity contribution < 1.29 is 13.2 Å². The van der Waals surface area contributed by atoms with Gasteiger partial charge in [0.25, 0.3) is 0 Å². The summed E-state index contributed by atoms with van der Waals surface area (Å²) in [6.07, 6.45) is 3.39. The molecule has 21 heavy (non-hydrogen) atoms. The first-order valence-electron chi connectivity index (χ1n) is 7.01. The highest BCUT2D eigenvalue weighted by atomic mass is 32.2. The van der Waals surface area contributed by atoms with Crippen LogP contribution in [0.15, 0.2) is 23.2 Å². The van der Waals surface area contributed by atoms with Crippen LogP contribution in [0.4, 0.5) is 5.82 Å². The van der Waals surface area contributed by atoms with Gasteiger partial charge in [-0.3, -0.25) is 4.79 Å². The second kappa shape index (κ2) is 6.86. The molecule has 0 bridgehead atoms. The van der Waals surface area contributed by atoms with E-state index in [1.165, 1.54) is 12.3 Å². The van der Waals surface area contributed by atoms with E-state index in [0.29, 0.717) is 12.4 Å². The van der Waals surface area contributed by atoms with Crippen LogP contribution < -0.4 is 15.4 Å². The van der Waals surface area contributed by atoms with Crippen molar-refractivity contribution in [2.24, 2.45) is 5.92 Å². The predicted molar refractivity (Wildman–Crippen MR) is 79.3 cm³/mol. The molecular weight excluding hydrogens is 292 g/mol. The number of pyridine rings is 1. The van der Waals surface area contributed by atoms with Crippen LogP contribution in [-0.2, 0) is 14.8 Å². The van der Waals surface area contributed by atoms with E-state index in [1.807, 2.05) is 6.92 Å². The molecule has 1 heterocycles. The number of nitrogens with zero attached hydrogens (tertiary/aromatic N) is 1. The lowest BCUT2D eigenvalue weighted by atomic mass is 10.4. The molecule has 0 unspecified atom stereocenters. The van der Waals surface area contributed by atoms with Crippen LogP contribution in [0, 0.1) is 5.92 Å². The molecule has 8 heteroatoms. The van der Waals surface area contributed by atoms with E-state index < -0.39 is 10.0 Å². The molecule has 3 N–H and O–H groups in total. The minimum absolute atomic E-state index is 0.00362. The molecule has 1 aliphatic rings. The summed E-state index contributed by atoms with van der Waals surface area (Å²) in [5.74, 6) is 0.457. The number of carbonyl (C=O) groups excluding carboxylic acids is 1. The van der Waals surface area contributed by atoms with E-state index in [9.17, 15) is 13.2 Å². The van der Waals surface area contributed by atoms with Gasteiger partial charge in [-0.05, 0) is 31.9 Å². The maximum atomic E-state index is 12.2. The van der Waals surface area contributed by atoms with Crippen molar-refractivity contribution in [2.45, 2.75) is 24.7 Å². The molecule has 1 amide bonds. The first-order chi connectivity index (χ1) is 10.0. The van der Waals surface area contributed by atoms with Gasteiger partial charge in [-0.1, -0.05) is 0 Å². The molecule has 0 spiro atoms. The molecule has 0 atom stereocenters. The van der Waals surface area contributed by atoms with Crippen LogP contribution >= 0.6 is 0 Å². The number of anilines is 1. The van der Waals surface area contributed by atoms with Gasteiger partial charge in [-0.2, -0.15) is 0 Å². The third kappa shape index (κ3) is 4.40. The highest BCUT2D eigenvalue weighted by Crippen LogP contribution is 2.28. The lowest BCUT2D eigenvalue weighted by Crippen LogP contribution is -2.35. The van der Waals surface area contributed by atoms with Gasteiger partial charge in [-0.25, -0.2) is 18.1 Å². The first-order valence-corrected chi connectivity index (χ1v) is 8.49.